The number of rotatable bonds is 2. The lowest BCUT2D eigenvalue weighted by Gasteiger charge is -2.00. The smallest absolute Gasteiger partial charge is 0.142 e. The van der Waals surface area contributed by atoms with Crippen molar-refractivity contribution in [3.63, 3.8) is 0 Å². The summed E-state index contributed by atoms with van der Waals surface area (Å²) in [6.07, 6.45) is 2.97. The molecule has 0 saturated heterocycles. The Kier molecular flexibility index (Phi) is 2.09. The van der Waals surface area contributed by atoms with Crippen LogP contribution in [0.25, 0.3) is 0 Å². The van der Waals surface area contributed by atoms with E-state index in [1.165, 1.54) is 12.3 Å². The lowest BCUT2D eigenvalue weighted by molar-refractivity contribution is 0.493. The molecule has 0 spiro atoms. The maximum Gasteiger partial charge on any atom is 0.142 e. The van der Waals surface area contributed by atoms with Crippen LogP contribution in [0.5, 0.6) is 0 Å². The van der Waals surface area contributed by atoms with Gasteiger partial charge in [0.05, 0.1) is 17.9 Å². The zero-order chi connectivity index (χ0) is 8.27. The minimum Gasteiger partial charge on any atom is -0.466 e. The standard InChI is InChI=1S/C8H8N2O/c1-2-7(10)8-6(5-9)3-4-11-8/h2-4,7H,1,10H2/t7-/m1/s1. The van der Waals surface area contributed by atoms with E-state index in [0.29, 0.717) is 11.3 Å². The number of furan rings is 1. The van der Waals surface area contributed by atoms with Crippen LogP contribution < -0.4 is 5.73 Å². The van der Waals surface area contributed by atoms with Crippen molar-refractivity contribution in [3.05, 3.63) is 36.3 Å². The molecule has 0 aliphatic rings. The van der Waals surface area contributed by atoms with Gasteiger partial charge < -0.3 is 10.2 Å². The van der Waals surface area contributed by atoms with Crippen LogP contribution in [0.1, 0.15) is 17.4 Å². The van der Waals surface area contributed by atoms with Gasteiger partial charge in [-0.1, -0.05) is 6.08 Å². The molecule has 0 aromatic carbocycles. The second-order valence-electron chi connectivity index (χ2n) is 2.07. The summed E-state index contributed by atoms with van der Waals surface area (Å²) in [5.74, 6) is 0.475. The summed E-state index contributed by atoms with van der Waals surface area (Å²) < 4.78 is 4.99. The van der Waals surface area contributed by atoms with E-state index in [9.17, 15) is 0 Å². The normalized spacial score (nSPS) is 12.0. The topological polar surface area (TPSA) is 62.9 Å². The Morgan fingerprint density at radius 1 is 1.82 bits per heavy atom. The van der Waals surface area contributed by atoms with E-state index in [4.69, 9.17) is 15.4 Å². The largest absolute Gasteiger partial charge is 0.466 e. The van der Waals surface area contributed by atoms with Crippen LogP contribution >= 0.6 is 0 Å². The summed E-state index contributed by atoms with van der Waals surface area (Å²) in [4.78, 5) is 0. The highest BCUT2D eigenvalue weighted by Crippen LogP contribution is 2.16. The number of hydrogen-bond acceptors (Lipinski definition) is 3. The molecule has 0 aliphatic heterocycles. The third kappa shape index (κ3) is 1.31. The van der Waals surface area contributed by atoms with E-state index < -0.39 is 0 Å². The summed E-state index contributed by atoms with van der Waals surface area (Å²) in [5, 5.41) is 8.55. The molecule has 1 rings (SSSR count). The van der Waals surface area contributed by atoms with E-state index in [2.05, 4.69) is 6.58 Å². The van der Waals surface area contributed by atoms with Gasteiger partial charge in [0, 0.05) is 0 Å². The Labute approximate surface area is 64.7 Å². The second kappa shape index (κ2) is 3.04. The third-order valence-electron chi connectivity index (χ3n) is 1.37. The minimum absolute atomic E-state index is 0.389. The molecule has 1 atom stereocenters. The predicted molar refractivity (Wildman–Crippen MR) is 40.5 cm³/mol. The number of nitrogens with two attached hydrogens (primary N) is 1. The van der Waals surface area contributed by atoms with Crippen molar-refractivity contribution in [3.8, 4) is 6.07 Å². The fraction of sp³-hybridized carbons (Fsp3) is 0.125. The summed E-state index contributed by atoms with van der Waals surface area (Å²) in [7, 11) is 0. The number of nitrogens with zero attached hydrogens (tertiary/aromatic N) is 1. The van der Waals surface area contributed by atoms with E-state index in [1.54, 1.807) is 6.07 Å². The zero-order valence-electron chi connectivity index (χ0n) is 5.95. The van der Waals surface area contributed by atoms with Crippen molar-refractivity contribution in [1.82, 2.24) is 0 Å². The van der Waals surface area contributed by atoms with E-state index in [0.717, 1.165) is 0 Å². The molecule has 3 nitrogen and oxygen atoms in total. The van der Waals surface area contributed by atoms with Gasteiger partial charge >= 0.3 is 0 Å². The van der Waals surface area contributed by atoms with Gasteiger partial charge in [0.2, 0.25) is 0 Å². The first-order valence-electron chi connectivity index (χ1n) is 3.15. The molecule has 1 aromatic rings. The number of hydrogen-bond donors (Lipinski definition) is 1. The molecule has 0 fully saturated rings. The highest BCUT2D eigenvalue weighted by Gasteiger charge is 2.10. The Bertz CT molecular complexity index is 295. The average Bonchev–Trinajstić information content (AvgIpc) is 2.50. The number of nitriles is 1. The van der Waals surface area contributed by atoms with Crippen molar-refractivity contribution in [2.45, 2.75) is 6.04 Å². The van der Waals surface area contributed by atoms with Crippen LogP contribution in [0.15, 0.2) is 29.4 Å². The molecule has 2 N–H and O–H groups in total. The Hall–Kier alpha value is -1.53. The molecule has 0 saturated carbocycles. The first-order valence-corrected chi connectivity index (χ1v) is 3.15. The molecular formula is C8H8N2O. The Morgan fingerprint density at radius 2 is 2.55 bits per heavy atom. The first-order chi connectivity index (χ1) is 5.29. The molecule has 0 unspecified atom stereocenters. The van der Waals surface area contributed by atoms with Gasteiger partial charge in [-0.25, -0.2) is 0 Å². The predicted octanol–water partition coefficient (Wildman–Crippen LogP) is 1.34. The highest BCUT2D eigenvalue weighted by molar-refractivity contribution is 5.34. The van der Waals surface area contributed by atoms with Crippen LogP contribution in [0, 0.1) is 11.3 Å². The molecule has 11 heavy (non-hydrogen) atoms. The third-order valence-corrected chi connectivity index (χ3v) is 1.37. The molecular weight excluding hydrogens is 140 g/mol. The summed E-state index contributed by atoms with van der Waals surface area (Å²) in [6, 6.07) is 3.16. The molecule has 56 valence electrons. The molecule has 0 aliphatic carbocycles. The maximum atomic E-state index is 8.55. The van der Waals surface area contributed by atoms with Crippen LogP contribution in [0.4, 0.5) is 0 Å². The van der Waals surface area contributed by atoms with Gasteiger partial charge in [-0.2, -0.15) is 5.26 Å². The van der Waals surface area contributed by atoms with Gasteiger partial charge in [0.1, 0.15) is 11.8 Å². The first kappa shape index (κ1) is 7.58. The molecule has 1 heterocycles. The quantitative estimate of drug-likeness (QED) is 0.643. The van der Waals surface area contributed by atoms with Gasteiger partial charge in [0.25, 0.3) is 0 Å². The van der Waals surface area contributed by atoms with Crippen molar-refractivity contribution in [1.29, 1.82) is 5.26 Å². The molecule has 1 aromatic heterocycles. The van der Waals surface area contributed by atoms with Crippen LogP contribution in [-0.2, 0) is 0 Å². The van der Waals surface area contributed by atoms with E-state index in [1.807, 2.05) is 6.07 Å². The lowest BCUT2D eigenvalue weighted by Crippen LogP contribution is -2.06. The van der Waals surface area contributed by atoms with Crippen molar-refractivity contribution in [2.75, 3.05) is 0 Å². The molecule has 0 radical (unpaired) electrons. The van der Waals surface area contributed by atoms with Crippen molar-refractivity contribution in [2.24, 2.45) is 5.73 Å². The summed E-state index contributed by atoms with van der Waals surface area (Å²) in [6.45, 7) is 3.50. The van der Waals surface area contributed by atoms with Crippen LogP contribution in [-0.4, -0.2) is 0 Å². The van der Waals surface area contributed by atoms with Gasteiger partial charge in [-0.15, -0.1) is 6.58 Å². The van der Waals surface area contributed by atoms with Gasteiger partial charge in [-0.05, 0) is 6.07 Å². The van der Waals surface area contributed by atoms with Crippen LogP contribution in [0.2, 0.25) is 0 Å². The fourth-order valence-corrected chi connectivity index (χ4v) is 0.779. The van der Waals surface area contributed by atoms with E-state index in [-0.39, 0.29) is 6.04 Å². The lowest BCUT2D eigenvalue weighted by atomic mass is 10.1. The monoisotopic (exact) mass is 148 g/mol. The van der Waals surface area contributed by atoms with Gasteiger partial charge in [0.15, 0.2) is 0 Å². The Balaban J connectivity index is 3.04. The van der Waals surface area contributed by atoms with Crippen molar-refractivity contribution >= 4 is 0 Å². The maximum absolute atomic E-state index is 8.55. The molecule has 0 amide bonds. The Morgan fingerprint density at radius 3 is 3.09 bits per heavy atom. The van der Waals surface area contributed by atoms with Gasteiger partial charge in [-0.3, -0.25) is 0 Å². The SMILES string of the molecule is C=C[C@@H](N)c1occc1C#N. The molecule has 3 heteroatoms. The fourth-order valence-electron chi connectivity index (χ4n) is 0.779. The van der Waals surface area contributed by atoms with Crippen molar-refractivity contribution < 1.29 is 4.42 Å². The summed E-state index contributed by atoms with van der Waals surface area (Å²) in [5.41, 5.74) is 6.02. The van der Waals surface area contributed by atoms with E-state index >= 15 is 0 Å². The second-order valence-corrected chi connectivity index (χ2v) is 2.07. The molecule has 0 bridgehead atoms. The average molecular weight is 148 g/mol. The van der Waals surface area contributed by atoms with Crippen LogP contribution in [0.3, 0.4) is 0 Å². The zero-order valence-corrected chi connectivity index (χ0v) is 5.95. The minimum atomic E-state index is -0.389. The summed E-state index contributed by atoms with van der Waals surface area (Å²) >= 11 is 0. The highest BCUT2D eigenvalue weighted by atomic mass is 16.3.